The van der Waals surface area contributed by atoms with Gasteiger partial charge in [-0.25, -0.2) is 0 Å². The molecule has 2 atom stereocenters. The maximum absolute atomic E-state index is 12.3. The highest BCUT2D eigenvalue weighted by Crippen LogP contribution is 2.19. The number of carbonyl (C=O) groups is 1. The number of nitrogens with one attached hydrogen (secondary N) is 1. The summed E-state index contributed by atoms with van der Waals surface area (Å²) in [5, 5.41) is 11.9. The molecular formula is C22H24N2O4. The van der Waals surface area contributed by atoms with Crippen LogP contribution < -0.4 is 14.8 Å². The van der Waals surface area contributed by atoms with Crippen LogP contribution in [0.15, 0.2) is 48.5 Å². The van der Waals surface area contributed by atoms with Gasteiger partial charge in [0.2, 0.25) is 0 Å². The van der Waals surface area contributed by atoms with E-state index in [1.807, 2.05) is 24.3 Å². The summed E-state index contributed by atoms with van der Waals surface area (Å²) in [4.78, 5) is 12.3. The van der Waals surface area contributed by atoms with Crippen molar-refractivity contribution in [1.82, 2.24) is 5.32 Å². The first kappa shape index (κ1) is 19.7. The molecule has 0 saturated carbocycles. The average molecular weight is 380 g/mol. The van der Waals surface area contributed by atoms with Gasteiger partial charge in [-0.15, -0.1) is 0 Å². The highest BCUT2D eigenvalue weighted by atomic mass is 16.5. The van der Waals surface area contributed by atoms with Crippen LogP contribution in [0.5, 0.6) is 11.5 Å². The number of hydrogen-bond acceptors (Lipinski definition) is 5. The van der Waals surface area contributed by atoms with Crippen LogP contribution in [0.3, 0.4) is 0 Å². The van der Waals surface area contributed by atoms with Gasteiger partial charge in [-0.3, -0.25) is 4.79 Å². The number of ether oxygens (including phenoxy) is 3. The van der Waals surface area contributed by atoms with Crippen molar-refractivity contribution in [2.75, 3.05) is 13.2 Å². The molecular weight excluding hydrogens is 356 g/mol. The van der Waals surface area contributed by atoms with Crippen molar-refractivity contribution < 1.29 is 19.0 Å². The largest absolute Gasteiger partial charge is 0.491 e. The van der Waals surface area contributed by atoms with Crippen LogP contribution in [-0.2, 0) is 16.1 Å². The summed E-state index contributed by atoms with van der Waals surface area (Å²) in [5.41, 5.74) is 1.36. The van der Waals surface area contributed by atoms with E-state index in [4.69, 9.17) is 19.5 Å². The number of rotatable bonds is 8. The van der Waals surface area contributed by atoms with Crippen LogP contribution >= 0.6 is 0 Å². The SMILES string of the molecule is CC(Oc1ccccc1C#N)C(=O)NCc1ccc(OCC2CCCO2)cc1. The number of benzene rings is 2. The van der Waals surface area contributed by atoms with E-state index >= 15 is 0 Å². The summed E-state index contributed by atoms with van der Waals surface area (Å²) in [6, 6.07) is 16.5. The van der Waals surface area contributed by atoms with Crippen molar-refractivity contribution >= 4 is 5.91 Å². The summed E-state index contributed by atoms with van der Waals surface area (Å²) in [6.45, 7) is 3.43. The van der Waals surface area contributed by atoms with Crippen LogP contribution in [0.4, 0.5) is 0 Å². The molecule has 0 spiro atoms. The monoisotopic (exact) mass is 380 g/mol. The smallest absolute Gasteiger partial charge is 0.261 e. The lowest BCUT2D eigenvalue weighted by Gasteiger charge is -2.16. The lowest BCUT2D eigenvalue weighted by Crippen LogP contribution is -2.36. The minimum absolute atomic E-state index is 0.187. The predicted octanol–water partition coefficient (Wildman–Crippen LogP) is 3.20. The van der Waals surface area contributed by atoms with Gasteiger partial charge in [0.25, 0.3) is 5.91 Å². The quantitative estimate of drug-likeness (QED) is 0.761. The third kappa shape index (κ3) is 5.48. The van der Waals surface area contributed by atoms with E-state index in [9.17, 15) is 4.79 Å². The fourth-order valence-electron chi connectivity index (χ4n) is 2.91. The molecule has 1 heterocycles. The predicted molar refractivity (Wildman–Crippen MR) is 104 cm³/mol. The molecule has 3 rings (SSSR count). The second-order valence-electron chi connectivity index (χ2n) is 6.68. The number of para-hydroxylation sites is 1. The second kappa shape index (κ2) is 9.77. The Bertz CT molecular complexity index is 823. The lowest BCUT2D eigenvalue weighted by molar-refractivity contribution is -0.127. The normalized spacial score (nSPS) is 16.8. The Labute approximate surface area is 165 Å². The molecule has 1 aliphatic heterocycles. The zero-order chi connectivity index (χ0) is 19.8. The number of hydrogen-bond donors (Lipinski definition) is 1. The molecule has 6 nitrogen and oxygen atoms in total. The highest BCUT2D eigenvalue weighted by Gasteiger charge is 2.17. The number of amides is 1. The van der Waals surface area contributed by atoms with Gasteiger partial charge in [-0.1, -0.05) is 24.3 Å². The van der Waals surface area contributed by atoms with Gasteiger partial charge in [0.1, 0.15) is 24.2 Å². The van der Waals surface area contributed by atoms with Crippen LogP contribution in [0.25, 0.3) is 0 Å². The molecule has 2 unspecified atom stereocenters. The van der Waals surface area contributed by atoms with Gasteiger partial charge in [0.05, 0.1) is 11.7 Å². The minimum Gasteiger partial charge on any atom is -0.491 e. The average Bonchev–Trinajstić information content (AvgIpc) is 3.25. The summed E-state index contributed by atoms with van der Waals surface area (Å²) < 4.78 is 16.9. The molecule has 2 aromatic carbocycles. The molecule has 0 aliphatic carbocycles. The summed E-state index contributed by atoms with van der Waals surface area (Å²) >= 11 is 0. The Morgan fingerprint density at radius 3 is 2.79 bits per heavy atom. The first-order chi connectivity index (χ1) is 13.7. The molecule has 1 aliphatic rings. The van der Waals surface area contributed by atoms with E-state index in [0.29, 0.717) is 24.5 Å². The van der Waals surface area contributed by atoms with Crippen molar-refractivity contribution in [3.63, 3.8) is 0 Å². The molecule has 28 heavy (non-hydrogen) atoms. The van der Waals surface area contributed by atoms with Crippen LogP contribution in [-0.4, -0.2) is 31.3 Å². The molecule has 0 bridgehead atoms. The highest BCUT2D eigenvalue weighted by molar-refractivity contribution is 5.80. The number of nitriles is 1. The van der Waals surface area contributed by atoms with Gasteiger partial charge in [0, 0.05) is 13.2 Å². The van der Waals surface area contributed by atoms with Crippen molar-refractivity contribution in [2.24, 2.45) is 0 Å². The van der Waals surface area contributed by atoms with E-state index in [-0.39, 0.29) is 12.0 Å². The van der Waals surface area contributed by atoms with E-state index in [1.165, 1.54) is 0 Å². The van der Waals surface area contributed by atoms with Gasteiger partial charge in [0.15, 0.2) is 6.10 Å². The van der Waals surface area contributed by atoms with Crippen molar-refractivity contribution in [2.45, 2.75) is 38.5 Å². The standard InChI is InChI=1S/C22H24N2O4/c1-16(28-21-7-3-2-5-18(21)13-23)22(25)24-14-17-8-10-19(11-9-17)27-15-20-6-4-12-26-20/h2-3,5,7-11,16,20H,4,6,12,14-15H2,1H3,(H,24,25). The molecule has 0 aromatic heterocycles. The molecule has 2 aromatic rings. The third-order valence-corrected chi connectivity index (χ3v) is 4.53. The zero-order valence-corrected chi connectivity index (χ0v) is 15.9. The molecule has 146 valence electrons. The van der Waals surface area contributed by atoms with Crippen molar-refractivity contribution in [3.05, 3.63) is 59.7 Å². The Morgan fingerprint density at radius 2 is 2.07 bits per heavy atom. The fraction of sp³-hybridized carbons (Fsp3) is 0.364. The molecule has 0 radical (unpaired) electrons. The van der Waals surface area contributed by atoms with Crippen molar-refractivity contribution in [3.8, 4) is 17.6 Å². The Balaban J connectivity index is 1.45. The third-order valence-electron chi connectivity index (χ3n) is 4.53. The van der Waals surface area contributed by atoms with Crippen LogP contribution in [0, 0.1) is 11.3 Å². The molecule has 1 N–H and O–H groups in total. The molecule has 1 amide bonds. The van der Waals surface area contributed by atoms with Gasteiger partial charge < -0.3 is 19.5 Å². The Morgan fingerprint density at radius 1 is 1.29 bits per heavy atom. The Hall–Kier alpha value is -3.04. The van der Waals surface area contributed by atoms with E-state index in [1.54, 1.807) is 31.2 Å². The molecule has 1 saturated heterocycles. The topological polar surface area (TPSA) is 80.6 Å². The van der Waals surface area contributed by atoms with Gasteiger partial charge in [-0.2, -0.15) is 5.26 Å². The first-order valence-electron chi connectivity index (χ1n) is 9.42. The van der Waals surface area contributed by atoms with Crippen molar-refractivity contribution in [1.29, 1.82) is 5.26 Å². The van der Waals surface area contributed by atoms with Crippen LogP contribution in [0.2, 0.25) is 0 Å². The fourth-order valence-corrected chi connectivity index (χ4v) is 2.91. The number of nitrogens with zero attached hydrogens (tertiary/aromatic N) is 1. The zero-order valence-electron chi connectivity index (χ0n) is 15.9. The van der Waals surface area contributed by atoms with E-state index in [0.717, 1.165) is 30.8 Å². The Kier molecular flexibility index (Phi) is 6.88. The molecule has 1 fully saturated rings. The van der Waals surface area contributed by atoms with E-state index in [2.05, 4.69) is 11.4 Å². The maximum Gasteiger partial charge on any atom is 0.261 e. The maximum atomic E-state index is 12.3. The second-order valence-corrected chi connectivity index (χ2v) is 6.68. The molecule has 6 heteroatoms. The minimum atomic E-state index is -0.705. The van der Waals surface area contributed by atoms with Gasteiger partial charge >= 0.3 is 0 Å². The first-order valence-corrected chi connectivity index (χ1v) is 9.42. The summed E-state index contributed by atoms with van der Waals surface area (Å²) in [7, 11) is 0. The van der Waals surface area contributed by atoms with Gasteiger partial charge in [-0.05, 0) is 49.6 Å². The summed E-state index contributed by atoms with van der Waals surface area (Å²) in [5.74, 6) is 0.947. The van der Waals surface area contributed by atoms with E-state index < -0.39 is 6.10 Å². The van der Waals surface area contributed by atoms with Crippen LogP contribution in [0.1, 0.15) is 30.9 Å². The lowest BCUT2D eigenvalue weighted by atomic mass is 10.2. The summed E-state index contributed by atoms with van der Waals surface area (Å²) in [6.07, 6.45) is 1.62. The number of carbonyl (C=O) groups excluding carboxylic acids is 1.